The molecule has 0 saturated carbocycles. The highest BCUT2D eigenvalue weighted by Gasteiger charge is 2.31. The normalized spacial score (nSPS) is 13.0. The molecule has 7 nitrogen and oxygen atoms in total. The van der Waals surface area contributed by atoms with Gasteiger partial charge in [0.05, 0.1) is 16.4 Å². The van der Waals surface area contributed by atoms with Gasteiger partial charge in [0.15, 0.2) is 9.84 Å². The largest absolute Gasteiger partial charge is 0.494 e. The van der Waals surface area contributed by atoms with Crippen LogP contribution < -0.4 is 9.46 Å². The molecule has 2 aromatic carbocycles. The van der Waals surface area contributed by atoms with Crippen molar-refractivity contribution in [3.05, 3.63) is 83.2 Å². The minimum Gasteiger partial charge on any atom is -0.494 e. The molecule has 0 fully saturated rings. The minimum atomic E-state index is -3.99. The van der Waals surface area contributed by atoms with E-state index in [9.17, 15) is 16.8 Å². The van der Waals surface area contributed by atoms with Crippen LogP contribution >= 0.6 is 0 Å². The number of benzene rings is 2. The van der Waals surface area contributed by atoms with Crippen molar-refractivity contribution in [1.29, 1.82) is 0 Å². The minimum absolute atomic E-state index is 0.0844. The van der Waals surface area contributed by atoms with Crippen LogP contribution in [0.5, 0.6) is 5.75 Å². The predicted octanol–water partition coefficient (Wildman–Crippen LogP) is 3.90. The van der Waals surface area contributed by atoms with E-state index in [4.69, 9.17) is 4.74 Å². The van der Waals surface area contributed by atoms with Gasteiger partial charge < -0.3 is 4.74 Å². The first kappa shape index (κ1) is 24.9. The summed E-state index contributed by atoms with van der Waals surface area (Å²) >= 11 is 0. The highest BCUT2D eigenvalue weighted by molar-refractivity contribution is 7.92. The molecule has 33 heavy (non-hydrogen) atoms. The molecular formula is C24H28N2O5S2. The van der Waals surface area contributed by atoms with E-state index in [-0.39, 0.29) is 16.3 Å². The van der Waals surface area contributed by atoms with Crippen molar-refractivity contribution in [2.75, 3.05) is 13.2 Å². The molecule has 1 heterocycles. The first-order valence-corrected chi connectivity index (χ1v) is 13.5. The molecule has 0 aliphatic heterocycles. The first-order chi connectivity index (χ1) is 15.6. The summed E-state index contributed by atoms with van der Waals surface area (Å²) in [6.07, 6.45) is 2.98. The van der Waals surface area contributed by atoms with Crippen molar-refractivity contribution in [1.82, 2.24) is 9.71 Å². The van der Waals surface area contributed by atoms with E-state index in [1.165, 1.54) is 30.6 Å². The molecule has 0 aliphatic carbocycles. The number of nitrogens with zero attached hydrogens (tertiary/aromatic N) is 1. The number of hydrogen-bond acceptors (Lipinski definition) is 6. The second kappa shape index (κ2) is 10.0. The van der Waals surface area contributed by atoms with Crippen LogP contribution in [0, 0.1) is 20.8 Å². The van der Waals surface area contributed by atoms with Gasteiger partial charge in [0.25, 0.3) is 0 Å². The summed E-state index contributed by atoms with van der Waals surface area (Å²) in [5, 5.41) is -1.15. The van der Waals surface area contributed by atoms with E-state index >= 15 is 0 Å². The van der Waals surface area contributed by atoms with Crippen LogP contribution in [0.25, 0.3) is 0 Å². The van der Waals surface area contributed by atoms with Gasteiger partial charge in [-0.3, -0.25) is 4.98 Å². The van der Waals surface area contributed by atoms with Gasteiger partial charge in [0, 0.05) is 18.9 Å². The Bertz CT molecular complexity index is 1320. The Kier molecular flexibility index (Phi) is 7.56. The average molecular weight is 489 g/mol. The Morgan fingerprint density at radius 1 is 0.970 bits per heavy atom. The van der Waals surface area contributed by atoms with Crippen LogP contribution in [-0.4, -0.2) is 35.0 Å². The highest BCUT2D eigenvalue weighted by Crippen LogP contribution is 2.30. The molecule has 1 unspecified atom stereocenters. The lowest BCUT2D eigenvalue weighted by Gasteiger charge is -2.20. The molecule has 9 heteroatoms. The molecule has 0 radical (unpaired) electrons. The van der Waals surface area contributed by atoms with Crippen LogP contribution in [0.1, 0.15) is 34.4 Å². The zero-order chi connectivity index (χ0) is 24.2. The van der Waals surface area contributed by atoms with Crippen LogP contribution in [0.3, 0.4) is 0 Å². The number of aromatic nitrogens is 1. The Balaban J connectivity index is 1.96. The van der Waals surface area contributed by atoms with Crippen molar-refractivity contribution >= 4 is 19.9 Å². The quantitative estimate of drug-likeness (QED) is 0.490. The fraction of sp³-hybridized carbons (Fsp3) is 0.292. The zero-order valence-corrected chi connectivity index (χ0v) is 20.7. The van der Waals surface area contributed by atoms with Gasteiger partial charge in [-0.1, -0.05) is 23.8 Å². The van der Waals surface area contributed by atoms with E-state index in [1.807, 2.05) is 13.8 Å². The number of pyridine rings is 1. The van der Waals surface area contributed by atoms with E-state index in [2.05, 4.69) is 9.71 Å². The van der Waals surface area contributed by atoms with Gasteiger partial charge in [-0.05, 0) is 74.7 Å². The van der Waals surface area contributed by atoms with E-state index in [0.717, 1.165) is 5.56 Å². The topological polar surface area (TPSA) is 102 Å². The molecule has 1 atom stereocenters. The average Bonchev–Trinajstić information content (AvgIpc) is 2.77. The maximum Gasteiger partial charge on any atom is 0.240 e. The third kappa shape index (κ3) is 5.61. The van der Waals surface area contributed by atoms with Crippen LogP contribution in [0.2, 0.25) is 0 Å². The Labute approximate surface area is 195 Å². The van der Waals surface area contributed by atoms with E-state index in [0.29, 0.717) is 29.0 Å². The summed E-state index contributed by atoms with van der Waals surface area (Å²) in [4.78, 5) is 4.23. The van der Waals surface area contributed by atoms with Crippen molar-refractivity contribution < 1.29 is 21.6 Å². The molecule has 1 N–H and O–H groups in total. The molecule has 1 aromatic heterocycles. The molecule has 0 aliphatic rings. The second-order valence-corrected chi connectivity index (χ2v) is 11.7. The number of aryl methyl sites for hydroxylation is 3. The van der Waals surface area contributed by atoms with Gasteiger partial charge >= 0.3 is 0 Å². The number of nitrogens with one attached hydrogen (secondary N) is 1. The second-order valence-electron chi connectivity index (χ2n) is 7.80. The summed E-state index contributed by atoms with van der Waals surface area (Å²) in [5.74, 6) is 0.615. The Hall–Kier alpha value is -2.75. The standard InChI is InChI=1S/C24H28N2O5S2/c1-5-31-22-13-19(4)23(14-18(22)3)33(29,30)26-16-24(20-7-6-12-25-15-20)32(27,28)21-10-8-17(2)9-11-21/h6-15,24,26H,5,16H2,1-4H3. The predicted molar refractivity (Wildman–Crippen MR) is 128 cm³/mol. The number of sulfone groups is 1. The molecule has 3 rings (SSSR count). The maximum absolute atomic E-state index is 13.5. The van der Waals surface area contributed by atoms with Gasteiger partial charge in [-0.2, -0.15) is 0 Å². The lowest BCUT2D eigenvalue weighted by Crippen LogP contribution is -2.32. The molecule has 176 valence electrons. The van der Waals surface area contributed by atoms with Crippen molar-refractivity contribution in [2.45, 2.75) is 42.7 Å². The van der Waals surface area contributed by atoms with E-state index in [1.54, 1.807) is 44.2 Å². The van der Waals surface area contributed by atoms with Crippen molar-refractivity contribution in [3.63, 3.8) is 0 Å². The summed E-state index contributed by atoms with van der Waals surface area (Å²) in [6.45, 7) is 7.30. The Morgan fingerprint density at radius 3 is 2.27 bits per heavy atom. The SMILES string of the molecule is CCOc1cc(C)c(S(=O)(=O)NCC(c2cccnc2)S(=O)(=O)c2ccc(C)cc2)cc1C. The first-order valence-electron chi connectivity index (χ1n) is 10.5. The monoisotopic (exact) mass is 488 g/mol. The van der Waals surface area contributed by atoms with E-state index < -0.39 is 25.1 Å². The zero-order valence-electron chi connectivity index (χ0n) is 19.1. The van der Waals surface area contributed by atoms with Crippen LogP contribution in [0.4, 0.5) is 0 Å². The smallest absolute Gasteiger partial charge is 0.240 e. The van der Waals surface area contributed by atoms with Crippen molar-refractivity contribution in [2.24, 2.45) is 0 Å². The molecule has 0 amide bonds. The third-order valence-corrected chi connectivity index (χ3v) is 8.98. The lowest BCUT2D eigenvalue weighted by molar-refractivity contribution is 0.337. The number of rotatable bonds is 9. The van der Waals surface area contributed by atoms with Gasteiger partial charge in [0.2, 0.25) is 10.0 Å². The Morgan fingerprint density at radius 2 is 1.67 bits per heavy atom. The molecule has 0 spiro atoms. The van der Waals surface area contributed by atoms with Gasteiger partial charge in [-0.15, -0.1) is 0 Å². The summed E-state index contributed by atoms with van der Waals surface area (Å²) in [7, 11) is -7.88. The van der Waals surface area contributed by atoms with Gasteiger partial charge in [-0.25, -0.2) is 21.6 Å². The third-order valence-electron chi connectivity index (χ3n) is 5.30. The lowest BCUT2D eigenvalue weighted by atomic mass is 10.1. The fourth-order valence-corrected chi connectivity index (χ4v) is 6.60. The summed E-state index contributed by atoms with van der Waals surface area (Å²) in [5.41, 5.74) is 2.52. The molecule has 0 bridgehead atoms. The van der Waals surface area contributed by atoms with Gasteiger partial charge in [0.1, 0.15) is 11.0 Å². The number of hydrogen-bond donors (Lipinski definition) is 1. The fourth-order valence-electron chi connectivity index (χ4n) is 3.49. The summed E-state index contributed by atoms with van der Waals surface area (Å²) in [6, 6.07) is 13.0. The van der Waals surface area contributed by atoms with Crippen LogP contribution in [-0.2, 0) is 19.9 Å². The highest BCUT2D eigenvalue weighted by atomic mass is 32.2. The maximum atomic E-state index is 13.5. The molecular weight excluding hydrogens is 460 g/mol. The summed E-state index contributed by atoms with van der Waals surface area (Å²) < 4.78 is 61.3. The number of ether oxygens (including phenoxy) is 1. The molecule has 0 saturated heterocycles. The van der Waals surface area contributed by atoms with Crippen LogP contribution in [0.15, 0.2) is 70.7 Å². The molecule has 3 aromatic rings. The number of sulfonamides is 1. The van der Waals surface area contributed by atoms with Crippen molar-refractivity contribution in [3.8, 4) is 5.75 Å².